The molecule has 1 aromatic heterocycles. The maximum absolute atomic E-state index is 11.9. The lowest BCUT2D eigenvalue weighted by atomic mass is 10.2. The number of carboxylic acids is 1. The molecule has 0 aromatic carbocycles. The Labute approximate surface area is 109 Å². The molecular weight excluding hydrogens is 254 g/mol. The van der Waals surface area contributed by atoms with Gasteiger partial charge in [0, 0.05) is 17.9 Å². The summed E-state index contributed by atoms with van der Waals surface area (Å²) in [4.78, 5) is 24.3. The van der Waals surface area contributed by atoms with Gasteiger partial charge in [-0.3, -0.25) is 4.79 Å². The van der Waals surface area contributed by atoms with Crippen LogP contribution in [0, 0.1) is 6.92 Å². The van der Waals surface area contributed by atoms with Crippen molar-refractivity contribution >= 4 is 23.2 Å². The number of thiophene rings is 1. The summed E-state index contributed by atoms with van der Waals surface area (Å²) in [6, 6.07) is 0.739. The van der Waals surface area contributed by atoms with Crippen LogP contribution in [0.2, 0.25) is 0 Å². The van der Waals surface area contributed by atoms with Crippen LogP contribution < -0.4 is 5.32 Å². The number of hydrogen-bond donors (Lipinski definition) is 3. The van der Waals surface area contributed by atoms with E-state index in [1.165, 1.54) is 11.3 Å². The zero-order valence-corrected chi connectivity index (χ0v) is 11.2. The molecule has 5 nitrogen and oxygen atoms in total. The maximum atomic E-state index is 11.9. The average Bonchev–Trinajstić information content (AvgIpc) is 2.69. The Hall–Kier alpha value is -1.40. The first-order valence-electron chi connectivity index (χ1n) is 5.73. The Balaban J connectivity index is 2.77. The monoisotopic (exact) mass is 271 g/mol. The van der Waals surface area contributed by atoms with Crippen molar-refractivity contribution in [2.75, 3.05) is 6.61 Å². The quantitative estimate of drug-likeness (QED) is 0.725. The molecule has 1 amide bonds. The second kappa shape index (κ2) is 6.51. The molecule has 6 heteroatoms. The van der Waals surface area contributed by atoms with E-state index >= 15 is 0 Å². The molecule has 100 valence electrons. The number of rotatable bonds is 6. The predicted molar refractivity (Wildman–Crippen MR) is 69.0 cm³/mol. The number of hydrogen-bond acceptors (Lipinski definition) is 4. The summed E-state index contributed by atoms with van der Waals surface area (Å²) in [6.07, 6.45) is 0.848. The molecule has 0 bridgehead atoms. The first-order valence-corrected chi connectivity index (χ1v) is 6.55. The highest BCUT2D eigenvalue weighted by Gasteiger charge is 2.21. The Morgan fingerprint density at radius 1 is 1.50 bits per heavy atom. The summed E-state index contributed by atoms with van der Waals surface area (Å²) in [7, 11) is 0. The van der Waals surface area contributed by atoms with E-state index in [4.69, 9.17) is 10.2 Å². The number of aryl methyl sites for hydroxylation is 2. The first kappa shape index (κ1) is 14.7. The highest BCUT2D eigenvalue weighted by molar-refractivity contribution is 7.14. The van der Waals surface area contributed by atoms with Crippen LogP contribution in [0.4, 0.5) is 0 Å². The summed E-state index contributed by atoms with van der Waals surface area (Å²) in [6.45, 7) is 3.66. The van der Waals surface area contributed by atoms with Gasteiger partial charge in [0.1, 0.15) is 6.04 Å². The van der Waals surface area contributed by atoms with E-state index in [0.29, 0.717) is 4.88 Å². The normalized spacial score (nSPS) is 12.2. The molecule has 1 rings (SSSR count). The molecule has 0 aliphatic rings. The van der Waals surface area contributed by atoms with Gasteiger partial charge in [-0.2, -0.15) is 0 Å². The number of aliphatic hydroxyl groups excluding tert-OH is 1. The fraction of sp³-hybridized carbons (Fsp3) is 0.500. The second-order valence-electron chi connectivity index (χ2n) is 3.92. The van der Waals surface area contributed by atoms with Gasteiger partial charge >= 0.3 is 5.97 Å². The van der Waals surface area contributed by atoms with Crippen molar-refractivity contribution in [3.05, 3.63) is 21.4 Å². The smallest absolute Gasteiger partial charge is 0.326 e. The zero-order valence-electron chi connectivity index (χ0n) is 10.4. The maximum Gasteiger partial charge on any atom is 0.326 e. The van der Waals surface area contributed by atoms with Gasteiger partial charge in [-0.1, -0.05) is 6.92 Å². The molecule has 0 saturated heterocycles. The summed E-state index contributed by atoms with van der Waals surface area (Å²) in [5.41, 5.74) is 1.10. The van der Waals surface area contributed by atoms with Crippen molar-refractivity contribution in [1.29, 1.82) is 0 Å². The van der Waals surface area contributed by atoms with Gasteiger partial charge in [-0.05, 0) is 25.0 Å². The number of carbonyl (C=O) groups is 2. The van der Waals surface area contributed by atoms with Gasteiger partial charge in [-0.25, -0.2) is 4.79 Å². The first-order chi connectivity index (χ1) is 8.49. The van der Waals surface area contributed by atoms with Crippen LogP contribution in [0.5, 0.6) is 0 Å². The third kappa shape index (κ3) is 3.54. The number of carboxylic acid groups (broad SMARTS) is 1. The Morgan fingerprint density at radius 2 is 2.17 bits per heavy atom. The van der Waals surface area contributed by atoms with E-state index in [1.807, 2.05) is 13.8 Å². The lowest BCUT2D eigenvalue weighted by Gasteiger charge is -2.12. The topological polar surface area (TPSA) is 86.6 Å². The summed E-state index contributed by atoms with van der Waals surface area (Å²) < 4.78 is 0. The zero-order chi connectivity index (χ0) is 13.7. The molecule has 1 atom stereocenters. The third-order valence-corrected chi connectivity index (χ3v) is 3.74. The van der Waals surface area contributed by atoms with E-state index in [-0.39, 0.29) is 13.0 Å². The minimum atomic E-state index is -1.14. The van der Waals surface area contributed by atoms with E-state index in [9.17, 15) is 9.59 Å². The molecule has 0 unspecified atom stereocenters. The highest BCUT2D eigenvalue weighted by atomic mass is 32.1. The summed E-state index contributed by atoms with van der Waals surface area (Å²) in [5.74, 6) is -1.54. The number of aliphatic hydroxyl groups is 1. The fourth-order valence-electron chi connectivity index (χ4n) is 1.60. The Bertz CT molecular complexity index is 441. The minimum Gasteiger partial charge on any atom is -0.480 e. The van der Waals surface area contributed by atoms with Gasteiger partial charge < -0.3 is 15.5 Å². The van der Waals surface area contributed by atoms with Crippen LogP contribution >= 0.6 is 11.3 Å². The molecule has 0 aliphatic carbocycles. The van der Waals surface area contributed by atoms with E-state index < -0.39 is 17.9 Å². The van der Waals surface area contributed by atoms with E-state index in [0.717, 1.165) is 16.9 Å². The Morgan fingerprint density at radius 3 is 2.61 bits per heavy atom. The third-order valence-electron chi connectivity index (χ3n) is 2.65. The number of carbonyl (C=O) groups excluding carboxylic acids is 1. The van der Waals surface area contributed by atoms with Crippen LogP contribution in [0.25, 0.3) is 0 Å². The van der Waals surface area contributed by atoms with Crippen molar-refractivity contribution in [3.8, 4) is 0 Å². The molecule has 18 heavy (non-hydrogen) atoms. The van der Waals surface area contributed by atoms with Gasteiger partial charge in [0.25, 0.3) is 5.91 Å². The average molecular weight is 271 g/mol. The molecular formula is C12H17NO4S. The molecule has 0 spiro atoms. The second-order valence-corrected chi connectivity index (χ2v) is 5.18. The lowest BCUT2D eigenvalue weighted by molar-refractivity contribution is -0.139. The van der Waals surface area contributed by atoms with Crippen molar-refractivity contribution in [2.24, 2.45) is 0 Å². The highest BCUT2D eigenvalue weighted by Crippen LogP contribution is 2.22. The van der Waals surface area contributed by atoms with E-state index in [1.54, 1.807) is 6.07 Å². The van der Waals surface area contributed by atoms with Crippen LogP contribution in [0.3, 0.4) is 0 Å². The van der Waals surface area contributed by atoms with Gasteiger partial charge in [0.2, 0.25) is 0 Å². The predicted octanol–water partition coefficient (Wildman–Crippen LogP) is 1.18. The number of aliphatic carboxylic acids is 1. The van der Waals surface area contributed by atoms with Crippen LogP contribution in [-0.4, -0.2) is 34.7 Å². The number of amides is 1. The van der Waals surface area contributed by atoms with E-state index in [2.05, 4.69) is 5.32 Å². The molecule has 1 aromatic rings. The molecule has 3 N–H and O–H groups in total. The molecule has 0 fully saturated rings. The number of nitrogens with one attached hydrogen (secondary N) is 1. The summed E-state index contributed by atoms with van der Waals surface area (Å²) in [5, 5.41) is 20.0. The molecule has 0 saturated carbocycles. The fourth-order valence-corrected chi connectivity index (χ4v) is 2.62. The van der Waals surface area contributed by atoms with Gasteiger partial charge in [0.05, 0.1) is 4.88 Å². The lowest BCUT2D eigenvalue weighted by Crippen LogP contribution is -2.41. The van der Waals surface area contributed by atoms with Gasteiger partial charge in [-0.15, -0.1) is 11.3 Å². The van der Waals surface area contributed by atoms with Crippen LogP contribution in [0.15, 0.2) is 6.07 Å². The SMILES string of the molecule is CCc1cc(C(=O)N[C@H](CCO)C(=O)O)sc1C. The van der Waals surface area contributed by atoms with Crippen LogP contribution in [0.1, 0.15) is 33.5 Å². The Kier molecular flexibility index (Phi) is 5.30. The van der Waals surface area contributed by atoms with Crippen molar-refractivity contribution in [2.45, 2.75) is 32.7 Å². The van der Waals surface area contributed by atoms with Crippen LogP contribution in [-0.2, 0) is 11.2 Å². The molecule has 1 heterocycles. The molecule has 0 radical (unpaired) electrons. The minimum absolute atomic E-state index is 0.00602. The standard InChI is InChI=1S/C12H17NO4S/c1-3-8-6-10(18-7(8)2)11(15)13-9(4-5-14)12(16)17/h6,9,14H,3-5H2,1-2H3,(H,13,15)(H,16,17)/t9-/m1/s1. The van der Waals surface area contributed by atoms with Crippen molar-refractivity contribution < 1.29 is 19.8 Å². The van der Waals surface area contributed by atoms with Gasteiger partial charge in [0.15, 0.2) is 0 Å². The largest absolute Gasteiger partial charge is 0.480 e. The van der Waals surface area contributed by atoms with Crippen molar-refractivity contribution in [3.63, 3.8) is 0 Å². The summed E-state index contributed by atoms with van der Waals surface area (Å²) >= 11 is 1.35. The van der Waals surface area contributed by atoms with Crippen molar-refractivity contribution in [1.82, 2.24) is 5.32 Å². The molecule has 0 aliphatic heterocycles.